The SMILES string of the molecule is O=C(Cl)c1onc(-c2c(F)cccc2Cl)c1C(=O)Cl. The first-order valence-electron chi connectivity index (χ1n) is 4.77. The van der Waals surface area contributed by atoms with Crippen LogP contribution in [0.2, 0.25) is 5.02 Å². The van der Waals surface area contributed by atoms with E-state index >= 15 is 0 Å². The van der Waals surface area contributed by atoms with Gasteiger partial charge in [-0.05, 0) is 35.3 Å². The Labute approximate surface area is 121 Å². The minimum absolute atomic E-state index is 0.0129. The van der Waals surface area contributed by atoms with Crippen molar-refractivity contribution in [1.29, 1.82) is 0 Å². The number of rotatable bonds is 3. The fourth-order valence-electron chi connectivity index (χ4n) is 1.50. The largest absolute Gasteiger partial charge is 0.350 e. The number of carbonyl (C=O) groups excluding carboxylic acids is 2. The Hall–Kier alpha value is -1.43. The second kappa shape index (κ2) is 5.28. The first kappa shape index (κ1) is 14.0. The summed E-state index contributed by atoms with van der Waals surface area (Å²) in [5.74, 6) is -1.30. The molecule has 0 aliphatic carbocycles. The van der Waals surface area contributed by atoms with Gasteiger partial charge in [0.1, 0.15) is 17.1 Å². The third kappa shape index (κ3) is 2.49. The van der Waals surface area contributed by atoms with E-state index in [1.807, 2.05) is 0 Å². The zero-order valence-corrected chi connectivity index (χ0v) is 11.2. The zero-order chi connectivity index (χ0) is 14.2. The lowest BCUT2D eigenvalue weighted by atomic mass is 10.1. The summed E-state index contributed by atoms with van der Waals surface area (Å²) in [7, 11) is 0. The molecule has 0 unspecified atom stereocenters. The minimum atomic E-state index is -1.07. The van der Waals surface area contributed by atoms with Crippen LogP contribution in [0.5, 0.6) is 0 Å². The quantitative estimate of drug-likeness (QED) is 0.804. The van der Waals surface area contributed by atoms with Crippen LogP contribution < -0.4 is 0 Å². The van der Waals surface area contributed by atoms with Gasteiger partial charge in [-0.25, -0.2) is 4.39 Å². The van der Waals surface area contributed by atoms with Gasteiger partial charge in [0.2, 0.25) is 5.76 Å². The number of halogens is 4. The van der Waals surface area contributed by atoms with Crippen LogP contribution in [0.25, 0.3) is 11.3 Å². The van der Waals surface area contributed by atoms with Crippen LogP contribution in [0.1, 0.15) is 20.9 Å². The second-order valence-electron chi connectivity index (χ2n) is 3.38. The molecule has 1 heterocycles. The Kier molecular flexibility index (Phi) is 3.89. The van der Waals surface area contributed by atoms with Gasteiger partial charge in [0.15, 0.2) is 0 Å². The molecule has 0 aliphatic heterocycles. The Morgan fingerprint density at radius 2 is 1.89 bits per heavy atom. The lowest BCUT2D eigenvalue weighted by molar-refractivity contribution is 0.102. The highest BCUT2D eigenvalue weighted by molar-refractivity contribution is 6.72. The van der Waals surface area contributed by atoms with Gasteiger partial charge in [0, 0.05) is 0 Å². The molecule has 0 radical (unpaired) electrons. The maximum atomic E-state index is 13.8. The molecule has 8 heteroatoms. The van der Waals surface area contributed by atoms with Crippen molar-refractivity contribution < 1.29 is 18.5 Å². The van der Waals surface area contributed by atoms with Crippen molar-refractivity contribution in [3.63, 3.8) is 0 Å². The average Bonchev–Trinajstić information content (AvgIpc) is 2.73. The molecule has 0 aliphatic rings. The lowest BCUT2D eigenvalue weighted by Crippen LogP contribution is -1.99. The minimum Gasteiger partial charge on any atom is -0.350 e. The number of nitrogens with zero attached hydrogens (tertiary/aromatic N) is 1. The normalized spacial score (nSPS) is 10.5. The Balaban J connectivity index is 2.77. The van der Waals surface area contributed by atoms with Gasteiger partial charge >= 0.3 is 0 Å². The van der Waals surface area contributed by atoms with E-state index in [2.05, 4.69) is 9.68 Å². The number of hydrogen-bond acceptors (Lipinski definition) is 4. The molecule has 98 valence electrons. The number of benzene rings is 1. The second-order valence-corrected chi connectivity index (χ2v) is 4.47. The van der Waals surface area contributed by atoms with Gasteiger partial charge < -0.3 is 4.52 Å². The topological polar surface area (TPSA) is 60.2 Å². The Morgan fingerprint density at radius 1 is 1.21 bits per heavy atom. The van der Waals surface area contributed by atoms with Crippen LogP contribution >= 0.6 is 34.8 Å². The van der Waals surface area contributed by atoms with Gasteiger partial charge in [0.05, 0.1) is 10.6 Å². The standard InChI is InChI=1S/C11H3Cl3FNO3/c12-4-2-1-3-5(15)6(4)8-7(10(13)17)9(11(14)18)19-16-8/h1-3H. The fraction of sp³-hybridized carbons (Fsp3) is 0. The average molecular weight is 323 g/mol. The summed E-state index contributed by atoms with van der Waals surface area (Å²) < 4.78 is 18.4. The first-order chi connectivity index (χ1) is 8.93. The van der Waals surface area contributed by atoms with Crippen LogP contribution in [0.15, 0.2) is 22.7 Å². The van der Waals surface area contributed by atoms with Gasteiger partial charge in [-0.1, -0.05) is 22.8 Å². The summed E-state index contributed by atoms with van der Waals surface area (Å²) in [4.78, 5) is 22.4. The van der Waals surface area contributed by atoms with Gasteiger partial charge in [-0.2, -0.15) is 0 Å². The third-order valence-corrected chi connectivity index (χ3v) is 2.94. The predicted molar refractivity (Wildman–Crippen MR) is 67.3 cm³/mol. The Morgan fingerprint density at radius 3 is 2.42 bits per heavy atom. The monoisotopic (exact) mass is 321 g/mol. The fourth-order valence-corrected chi connectivity index (χ4v) is 2.06. The smallest absolute Gasteiger partial charge is 0.291 e. The van der Waals surface area contributed by atoms with E-state index in [9.17, 15) is 14.0 Å². The van der Waals surface area contributed by atoms with Crippen molar-refractivity contribution in [3.8, 4) is 11.3 Å². The molecule has 1 aromatic heterocycles. The molecule has 0 atom stereocenters. The highest BCUT2D eigenvalue weighted by atomic mass is 35.5. The molecule has 0 fully saturated rings. The van der Waals surface area contributed by atoms with Crippen LogP contribution in [0.3, 0.4) is 0 Å². The van der Waals surface area contributed by atoms with E-state index in [1.54, 1.807) is 0 Å². The van der Waals surface area contributed by atoms with Crippen molar-refractivity contribution in [1.82, 2.24) is 5.16 Å². The molecule has 0 spiro atoms. The van der Waals surface area contributed by atoms with Crippen LogP contribution in [0.4, 0.5) is 4.39 Å². The molecule has 0 bridgehead atoms. The van der Waals surface area contributed by atoms with Crippen LogP contribution in [0, 0.1) is 5.82 Å². The molecular formula is C11H3Cl3FNO3. The molecule has 0 N–H and O–H groups in total. The molecule has 2 aromatic rings. The van der Waals surface area contributed by atoms with E-state index in [0.29, 0.717) is 0 Å². The van der Waals surface area contributed by atoms with Crippen LogP contribution in [-0.2, 0) is 0 Å². The van der Waals surface area contributed by atoms with E-state index in [-0.39, 0.29) is 16.3 Å². The number of carbonyl (C=O) groups is 2. The van der Waals surface area contributed by atoms with Gasteiger partial charge in [-0.15, -0.1) is 0 Å². The summed E-state index contributed by atoms with van der Waals surface area (Å²) in [5.41, 5.74) is -0.887. The predicted octanol–water partition coefficient (Wildman–Crippen LogP) is 3.89. The molecule has 0 saturated carbocycles. The van der Waals surface area contributed by atoms with Crippen molar-refractivity contribution in [2.24, 2.45) is 0 Å². The van der Waals surface area contributed by atoms with Crippen LogP contribution in [-0.4, -0.2) is 15.6 Å². The maximum absolute atomic E-state index is 13.8. The highest BCUT2D eigenvalue weighted by Crippen LogP contribution is 2.34. The van der Waals surface area contributed by atoms with Crippen molar-refractivity contribution in [2.75, 3.05) is 0 Å². The highest BCUT2D eigenvalue weighted by Gasteiger charge is 2.29. The van der Waals surface area contributed by atoms with Gasteiger partial charge in [-0.3, -0.25) is 9.59 Å². The molecule has 2 rings (SSSR count). The first-order valence-corrected chi connectivity index (χ1v) is 5.90. The van der Waals surface area contributed by atoms with Crippen molar-refractivity contribution in [3.05, 3.63) is 40.4 Å². The Bertz CT molecular complexity index is 664. The number of aromatic nitrogens is 1. The summed E-state index contributed by atoms with van der Waals surface area (Å²) in [5, 5.41) is 1.30. The molecule has 4 nitrogen and oxygen atoms in total. The van der Waals surface area contributed by atoms with E-state index < -0.39 is 27.6 Å². The summed E-state index contributed by atoms with van der Waals surface area (Å²) in [6, 6.07) is 3.87. The zero-order valence-electron chi connectivity index (χ0n) is 8.92. The van der Waals surface area contributed by atoms with E-state index in [1.165, 1.54) is 12.1 Å². The van der Waals surface area contributed by atoms with Crippen molar-refractivity contribution >= 4 is 45.3 Å². The summed E-state index contributed by atoms with van der Waals surface area (Å²) in [6.07, 6.45) is 0. The number of hydrogen-bond donors (Lipinski definition) is 0. The van der Waals surface area contributed by atoms with E-state index in [4.69, 9.17) is 34.8 Å². The molecular weight excluding hydrogens is 319 g/mol. The molecule has 0 amide bonds. The summed E-state index contributed by atoms with van der Waals surface area (Å²) >= 11 is 16.4. The molecule has 0 saturated heterocycles. The lowest BCUT2D eigenvalue weighted by Gasteiger charge is -2.02. The molecule has 19 heavy (non-hydrogen) atoms. The molecule has 1 aromatic carbocycles. The van der Waals surface area contributed by atoms with Crippen molar-refractivity contribution in [2.45, 2.75) is 0 Å². The summed E-state index contributed by atoms with van der Waals surface area (Å²) in [6.45, 7) is 0. The maximum Gasteiger partial charge on any atom is 0.291 e. The third-order valence-electron chi connectivity index (χ3n) is 2.27. The van der Waals surface area contributed by atoms with Gasteiger partial charge in [0.25, 0.3) is 10.5 Å². The van der Waals surface area contributed by atoms with E-state index in [0.717, 1.165) is 6.07 Å².